The molecule has 2 unspecified atom stereocenters. The summed E-state index contributed by atoms with van der Waals surface area (Å²) in [5, 5.41) is 3.03. The van der Waals surface area contributed by atoms with Gasteiger partial charge < -0.3 is 5.32 Å². The van der Waals surface area contributed by atoms with Gasteiger partial charge >= 0.3 is 0 Å². The van der Waals surface area contributed by atoms with Gasteiger partial charge in [-0.2, -0.15) is 0 Å². The maximum atomic E-state index is 11.8. The van der Waals surface area contributed by atoms with Crippen molar-refractivity contribution in [3.05, 3.63) is 35.4 Å². The fourth-order valence-corrected chi connectivity index (χ4v) is 1.93. The molecular weight excluding hydrogens is 214 g/mol. The molecule has 1 heterocycles. The number of nitrogens with one attached hydrogen (secondary N) is 3. The van der Waals surface area contributed by atoms with Crippen LogP contribution in [0.25, 0.3) is 0 Å². The topological polar surface area (TPSA) is 53.2 Å². The van der Waals surface area contributed by atoms with Crippen LogP contribution >= 0.6 is 0 Å². The molecule has 1 aromatic carbocycles. The Labute approximate surface area is 102 Å². The first-order chi connectivity index (χ1) is 8.15. The molecule has 0 radical (unpaired) electrons. The monoisotopic (exact) mass is 233 g/mol. The Bertz CT molecular complexity index is 388. The van der Waals surface area contributed by atoms with Crippen LogP contribution in [0.15, 0.2) is 24.3 Å². The van der Waals surface area contributed by atoms with Gasteiger partial charge in [0.25, 0.3) is 0 Å². The van der Waals surface area contributed by atoms with Gasteiger partial charge in [0.2, 0.25) is 5.91 Å². The van der Waals surface area contributed by atoms with Crippen LogP contribution in [0.5, 0.6) is 0 Å². The van der Waals surface area contributed by atoms with E-state index in [9.17, 15) is 4.79 Å². The fraction of sp³-hybridized carbons (Fsp3) is 0.462. The molecule has 1 saturated heterocycles. The van der Waals surface area contributed by atoms with E-state index in [0.717, 1.165) is 12.1 Å². The Morgan fingerprint density at radius 2 is 2.12 bits per heavy atom. The van der Waals surface area contributed by atoms with E-state index in [1.165, 1.54) is 5.56 Å². The van der Waals surface area contributed by atoms with E-state index < -0.39 is 0 Å². The molecule has 0 saturated carbocycles. The summed E-state index contributed by atoms with van der Waals surface area (Å²) in [6.45, 7) is 4.87. The highest BCUT2D eigenvalue weighted by Crippen LogP contribution is 2.04. The number of hydrogen-bond acceptors (Lipinski definition) is 3. The zero-order chi connectivity index (χ0) is 12.3. The van der Waals surface area contributed by atoms with E-state index in [2.05, 4.69) is 23.1 Å². The van der Waals surface area contributed by atoms with Gasteiger partial charge in [-0.05, 0) is 19.4 Å². The van der Waals surface area contributed by atoms with Crippen molar-refractivity contribution in [3.63, 3.8) is 0 Å². The summed E-state index contributed by atoms with van der Waals surface area (Å²) < 4.78 is 0. The molecule has 0 spiro atoms. The molecule has 1 amide bonds. The number of carbonyl (C=O) groups excluding carboxylic acids is 1. The van der Waals surface area contributed by atoms with Crippen LogP contribution in [0.2, 0.25) is 0 Å². The van der Waals surface area contributed by atoms with E-state index in [4.69, 9.17) is 0 Å². The molecule has 1 aromatic rings. The lowest BCUT2D eigenvalue weighted by Crippen LogP contribution is -2.43. The molecule has 1 aliphatic rings. The third-order valence-electron chi connectivity index (χ3n) is 3.09. The van der Waals surface area contributed by atoms with Crippen molar-refractivity contribution in [3.8, 4) is 0 Å². The summed E-state index contributed by atoms with van der Waals surface area (Å²) >= 11 is 0. The van der Waals surface area contributed by atoms with Crippen LogP contribution in [0.4, 0.5) is 0 Å². The maximum absolute atomic E-state index is 11.8. The van der Waals surface area contributed by atoms with Gasteiger partial charge in [0.1, 0.15) is 0 Å². The lowest BCUT2D eigenvalue weighted by Gasteiger charge is -2.15. The van der Waals surface area contributed by atoms with E-state index >= 15 is 0 Å². The largest absolute Gasteiger partial charge is 0.350 e. The number of benzene rings is 1. The number of aryl methyl sites for hydroxylation is 1. The Balaban J connectivity index is 1.86. The molecule has 1 aliphatic heterocycles. The molecule has 4 nitrogen and oxygen atoms in total. The molecule has 0 bridgehead atoms. The zero-order valence-corrected chi connectivity index (χ0v) is 10.3. The average Bonchev–Trinajstić information content (AvgIpc) is 2.68. The van der Waals surface area contributed by atoms with E-state index in [-0.39, 0.29) is 18.0 Å². The molecular formula is C13H19N3O. The molecule has 2 atom stereocenters. The predicted molar refractivity (Wildman–Crippen MR) is 67.4 cm³/mol. The van der Waals surface area contributed by atoms with Crippen molar-refractivity contribution >= 4 is 5.91 Å². The summed E-state index contributed by atoms with van der Waals surface area (Å²) in [7, 11) is 0. The first kappa shape index (κ1) is 12.1. The van der Waals surface area contributed by atoms with Gasteiger partial charge in [-0.3, -0.25) is 15.6 Å². The lowest BCUT2D eigenvalue weighted by molar-refractivity contribution is -0.121. The second-order valence-electron chi connectivity index (χ2n) is 4.65. The molecule has 0 aliphatic carbocycles. The SMILES string of the molecule is Cc1ccc(CC(=O)NC2CNNC2C)cc1. The molecule has 4 heteroatoms. The Morgan fingerprint density at radius 3 is 2.71 bits per heavy atom. The van der Waals surface area contributed by atoms with Crippen LogP contribution < -0.4 is 16.2 Å². The minimum atomic E-state index is 0.0798. The standard InChI is InChI=1S/C13H19N3O/c1-9-3-5-11(6-4-9)7-13(17)15-12-8-14-16-10(12)2/h3-6,10,12,14,16H,7-8H2,1-2H3,(H,15,17). The molecule has 2 rings (SSSR count). The molecule has 3 N–H and O–H groups in total. The Kier molecular flexibility index (Phi) is 3.76. The molecule has 0 aromatic heterocycles. The lowest BCUT2D eigenvalue weighted by atomic mass is 10.1. The second-order valence-corrected chi connectivity index (χ2v) is 4.65. The predicted octanol–water partition coefficient (Wildman–Crippen LogP) is 0.519. The summed E-state index contributed by atoms with van der Waals surface area (Å²) in [5.41, 5.74) is 8.39. The highest BCUT2D eigenvalue weighted by atomic mass is 16.1. The van der Waals surface area contributed by atoms with Gasteiger partial charge in [0.15, 0.2) is 0 Å². The van der Waals surface area contributed by atoms with Gasteiger partial charge in [0, 0.05) is 12.6 Å². The average molecular weight is 233 g/mol. The van der Waals surface area contributed by atoms with Gasteiger partial charge in [0.05, 0.1) is 12.5 Å². The van der Waals surface area contributed by atoms with Crippen LogP contribution in [0.1, 0.15) is 18.1 Å². The van der Waals surface area contributed by atoms with Crippen LogP contribution in [-0.2, 0) is 11.2 Å². The van der Waals surface area contributed by atoms with Crippen LogP contribution in [-0.4, -0.2) is 24.5 Å². The number of carbonyl (C=O) groups is 1. The van der Waals surface area contributed by atoms with Crippen LogP contribution in [0.3, 0.4) is 0 Å². The molecule has 17 heavy (non-hydrogen) atoms. The number of rotatable bonds is 3. The number of hydrogen-bond donors (Lipinski definition) is 3. The van der Waals surface area contributed by atoms with Gasteiger partial charge in [-0.15, -0.1) is 0 Å². The summed E-state index contributed by atoms with van der Waals surface area (Å²) in [6.07, 6.45) is 0.448. The summed E-state index contributed by atoms with van der Waals surface area (Å²) in [5.74, 6) is 0.0798. The number of amides is 1. The van der Waals surface area contributed by atoms with Crippen molar-refractivity contribution in [1.29, 1.82) is 0 Å². The van der Waals surface area contributed by atoms with Crippen molar-refractivity contribution in [1.82, 2.24) is 16.2 Å². The smallest absolute Gasteiger partial charge is 0.224 e. The zero-order valence-electron chi connectivity index (χ0n) is 10.3. The third-order valence-corrected chi connectivity index (χ3v) is 3.09. The number of hydrazine groups is 1. The van der Waals surface area contributed by atoms with Gasteiger partial charge in [-0.1, -0.05) is 29.8 Å². The quantitative estimate of drug-likeness (QED) is 0.713. The Hall–Kier alpha value is -1.39. The van der Waals surface area contributed by atoms with Gasteiger partial charge in [-0.25, -0.2) is 0 Å². The van der Waals surface area contributed by atoms with Crippen molar-refractivity contribution in [2.75, 3.05) is 6.54 Å². The van der Waals surface area contributed by atoms with Crippen molar-refractivity contribution < 1.29 is 4.79 Å². The minimum absolute atomic E-state index is 0.0798. The van der Waals surface area contributed by atoms with Crippen molar-refractivity contribution in [2.45, 2.75) is 32.4 Å². The van der Waals surface area contributed by atoms with E-state index in [1.807, 2.05) is 31.2 Å². The fourth-order valence-electron chi connectivity index (χ4n) is 1.93. The minimum Gasteiger partial charge on any atom is -0.350 e. The normalized spacial score (nSPS) is 23.6. The van der Waals surface area contributed by atoms with E-state index in [0.29, 0.717) is 6.42 Å². The van der Waals surface area contributed by atoms with Crippen molar-refractivity contribution in [2.24, 2.45) is 0 Å². The molecule has 92 valence electrons. The van der Waals surface area contributed by atoms with E-state index in [1.54, 1.807) is 0 Å². The van der Waals surface area contributed by atoms with Crippen LogP contribution in [0, 0.1) is 6.92 Å². The summed E-state index contributed by atoms with van der Waals surface area (Å²) in [6, 6.07) is 8.52. The first-order valence-electron chi connectivity index (χ1n) is 5.98. The highest BCUT2D eigenvalue weighted by Gasteiger charge is 2.23. The second kappa shape index (κ2) is 5.29. The maximum Gasteiger partial charge on any atom is 0.224 e. The third kappa shape index (κ3) is 3.28. The highest BCUT2D eigenvalue weighted by molar-refractivity contribution is 5.79. The summed E-state index contributed by atoms with van der Waals surface area (Å²) in [4.78, 5) is 11.8. The molecule has 1 fully saturated rings. The Morgan fingerprint density at radius 1 is 1.41 bits per heavy atom. The first-order valence-corrected chi connectivity index (χ1v) is 5.98.